The molecule has 5 heteroatoms. The minimum Gasteiger partial charge on any atom is -0.340 e. The summed E-state index contributed by atoms with van der Waals surface area (Å²) < 4.78 is 0. The molecule has 0 radical (unpaired) electrons. The Labute approximate surface area is 104 Å². The number of hydrogen-bond acceptors (Lipinski definition) is 5. The van der Waals surface area contributed by atoms with Crippen LogP contribution in [0.4, 0.5) is 5.95 Å². The van der Waals surface area contributed by atoms with E-state index in [4.69, 9.17) is 5.73 Å². The highest BCUT2D eigenvalue weighted by molar-refractivity contribution is 5.29. The standard InChI is InChI=1S/C12H23N5/c1-4-5-17(7-6-16(2)3)12-14-9-11(8-13)10-15-12/h9-10H,4-8,13H2,1-3H3. The second kappa shape index (κ2) is 7.19. The Hall–Kier alpha value is -1.20. The molecule has 17 heavy (non-hydrogen) atoms. The van der Waals surface area contributed by atoms with Crippen molar-refractivity contribution in [2.24, 2.45) is 5.73 Å². The molecule has 0 atom stereocenters. The predicted molar refractivity (Wildman–Crippen MR) is 71.0 cm³/mol. The first-order chi connectivity index (χ1) is 8.17. The summed E-state index contributed by atoms with van der Waals surface area (Å²) in [6.07, 6.45) is 4.71. The van der Waals surface area contributed by atoms with Crippen molar-refractivity contribution in [3.63, 3.8) is 0 Å². The van der Waals surface area contributed by atoms with Crippen molar-refractivity contribution in [2.45, 2.75) is 19.9 Å². The van der Waals surface area contributed by atoms with Gasteiger partial charge in [0.25, 0.3) is 0 Å². The van der Waals surface area contributed by atoms with E-state index in [9.17, 15) is 0 Å². The van der Waals surface area contributed by atoms with E-state index < -0.39 is 0 Å². The molecule has 0 saturated carbocycles. The zero-order chi connectivity index (χ0) is 12.7. The van der Waals surface area contributed by atoms with Crippen LogP contribution in [0, 0.1) is 0 Å². The second-order valence-electron chi connectivity index (χ2n) is 4.39. The van der Waals surface area contributed by atoms with Gasteiger partial charge in [-0.15, -0.1) is 0 Å². The Morgan fingerprint density at radius 1 is 1.12 bits per heavy atom. The largest absolute Gasteiger partial charge is 0.340 e. The molecule has 96 valence electrons. The van der Waals surface area contributed by atoms with Gasteiger partial charge in [-0.2, -0.15) is 0 Å². The molecular formula is C12H23N5. The summed E-state index contributed by atoms with van der Waals surface area (Å²) in [5.74, 6) is 0.797. The van der Waals surface area contributed by atoms with Crippen LogP contribution in [0.15, 0.2) is 12.4 Å². The van der Waals surface area contributed by atoms with Crippen LogP contribution in [0.25, 0.3) is 0 Å². The van der Waals surface area contributed by atoms with E-state index in [2.05, 4.69) is 40.8 Å². The number of hydrogen-bond donors (Lipinski definition) is 1. The Bertz CT molecular complexity index is 309. The molecule has 0 aliphatic heterocycles. The molecule has 0 aliphatic rings. The third kappa shape index (κ3) is 4.66. The lowest BCUT2D eigenvalue weighted by molar-refractivity contribution is 0.411. The van der Waals surface area contributed by atoms with E-state index in [1.807, 2.05) is 0 Å². The average molecular weight is 237 g/mol. The number of nitrogens with two attached hydrogens (primary N) is 1. The van der Waals surface area contributed by atoms with Gasteiger partial charge in [-0.3, -0.25) is 0 Å². The molecule has 2 N–H and O–H groups in total. The molecule has 0 aromatic carbocycles. The maximum absolute atomic E-state index is 5.53. The maximum atomic E-state index is 5.53. The first-order valence-corrected chi connectivity index (χ1v) is 6.08. The van der Waals surface area contributed by atoms with E-state index in [1.54, 1.807) is 12.4 Å². The summed E-state index contributed by atoms with van der Waals surface area (Å²) in [5, 5.41) is 0. The molecule has 0 fully saturated rings. The normalized spacial score (nSPS) is 10.9. The average Bonchev–Trinajstić information content (AvgIpc) is 2.34. The van der Waals surface area contributed by atoms with Gasteiger partial charge in [0.2, 0.25) is 5.95 Å². The van der Waals surface area contributed by atoms with Crippen molar-refractivity contribution in [1.29, 1.82) is 0 Å². The highest BCUT2D eigenvalue weighted by atomic mass is 15.3. The van der Waals surface area contributed by atoms with Gasteiger partial charge >= 0.3 is 0 Å². The van der Waals surface area contributed by atoms with Crippen LogP contribution in [0.3, 0.4) is 0 Å². The zero-order valence-corrected chi connectivity index (χ0v) is 11.1. The van der Waals surface area contributed by atoms with Crippen LogP contribution < -0.4 is 10.6 Å². The van der Waals surface area contributed by atoms with Gasteiger partial charge in [-0.1, -0.05) is 6.92 Å². The summed E-state index contributed by atoms with van der Waals surface area (Å²) in [7, 11) is 4.14. The number of anilines is 1. The van der Waals surface area contributed by atoms with Gasteiger partial charge in [-0.25, -0.2) is 9.97 Å². The Morgan fingerprint density at radius 2 is 1.76 bits per heavy atom. The van der Waals surface area contributed by atoms with Crippen molar-refractivity contribution < 1.29 is 0 Å². The summed E-state index contributed by atoms with van der Waals surface area (Å²) in [5.41, 5.74) is 6.50. The fourth-order valence-corrected chi connectivity index (χ4v) is 1.52. The molecular weight excluding hydrogens is 214 g/mol. The van der Waals surface area contributed by atoms with Crippen molar-refractivity contribution >= 4 is 5.95 Å². The molecule has 1 aromatic rings. The van der Waals surface area contributed by atoms with E-state index in [-0.39, 0.29) is 0 Å². The number of likely N-dealkylation sites (N-methyl/N-ethyl adjacent to an activating group) is 1. The zero-order valence-electron chi connectivity index (χ0n) is 11.1. The van der Waals surface area contributed by atoms with E-state index in [0.717, 1.165) is 37.6 Å². The summed E-state index contributed by atoms with van der Waals surface area (Å²) in [6, 6.07) is 0. The van der Waals surface area contributed by atoms with Gasteiger partial charge in [0.15, 0.2) is 0 Å². The lowest BCUT2D eigenvalue weighted by Crippen LogP contribution is -2.33. The van der Waals surface area contributed by atoms with E-state index in [0.29, 0.717) is 6.54 Å². The summed E-state index contributed by atoms with van der Waals surface area (Å²) in [4.78, 5) is 13.1. The highest BCUT2D eigenvalue weighted by Gasteiger charge is 2.08. The smallest absolute Gasteiger partial charge is 0.225 e. The van der Waals surface area contributed by atoms with Crippen molar-refractivity contribution in [2.75, 3.05) is 38.6 Å². The molecule has 0 unspecified atom stereocenters. The quantitative estimate of drug-likeness (QED) is 0.757. The Kier molecular flexibility index (Phi) is 5.86. The van der Waals surface area contributed by atoms with Crippen LogP contribution in [0.5, 0.6) is 0 Å². The fourth-order valence-electron chi connectivity index (χ4n) is 1.52. The molecule has 0 bridgehead atoms. The van der Waals surface area contributed by atoms with E-state index >= 15 is 0 Å². The molecule has 0 aliphatic carbocycles. The summed E-state index contributed by atoms with van der Waals surface area (Å²) in [6.45, 7) is 5.59. The minimum absolute atomic E-state index is 0.492. The molecule has 1 rings (SSSR count). The molecule has 5 nitrogen and oxygen atoms in total. The van der Waals surface area contributed by atoms with Gasteiger partial charge < -0.3 is 15.5 Å². The minimum atomic E-state index is 0.492. The van der Waals surface area contributed by atoms with Crippen LogP contribution >= 0.6 is 0 Å². The third-order valence-corrected chi connectivity index (χ3v) is 2.52. The first kappa shape index (κ1) is 13.9. The second-order valence-corrected chi connectivity index (χ2v) is 4.39. The third-order valence-electron chi connectivity index (χ3n) is 2.52. The highest BCUT2D eigenvalue weighted by Crippen LogP contribution is 2.07. The topological polar surface area (TPSA) is 58.3 Å². The Morgan fingerprint density at radius 3 is 2.24 bits per heavy atom. The predicted octanol–water partition coefficient (Wildman–Crippen LogP) is 0.713. The number of rotatable bonds is 7. The van der Waals surface area contributed by atoms with Gasteiger partial charge in [-0.05, 0) is 20.5 Å². The van der Waals surface area contributed by atoms with Gasteiger partial charge in [0, 0.05) is 44.1 Å². The van der Waals surface area contributed by atoms with Crippen molar-refractivity contribution in [3.8, 4) is 0 Å². The first-order valence-electron chi connectivity index (χ1n) is 6.08. The molecule has 1 aromatic heterocycles. The molecule has 0 amide bonds. The number of aromatic nitrogens is 2. The van der Waals surface area contributed by atoms with Crippen LogP contribution in [-0.2, 0) is 6.54 Å². The monoisotopic (exact) mass is 237 g/mol. The molecule has 0 saturated heterocycles. The van der Waals surface area contributed by atoms with Gasteiger partial charge in [0.1, 0.15) is 0 Å². The van der Waals surface area contributed by atoms with Crippen LogP contribution in [0.1, 0.15) is 18.9 Å². The van der Waals surface area contributed by atoms with Gasteiger partial charge in [0.05, 0.1) is 0 Å². The lowest BCUT2D eigenvalue weighted by atomic mass is 10.3. The maximum Gasteiger partial charge on any atom is 0.225 e. The van der Waals surface area contributed by atoms with Crippen LogP contribution in [0.2, 0.25) is 0 Å². The molecule has 0 spiro atoms. The SMILES string of the molecule is CCCN(CCN(C)C)c1ncc(CN)cn1. The van der Waals surface area contributed by atoms with Crippen molar-refractivity contribution in [1.82, 2.24) is 14.9 Å². The fraction of sp³-hybridized carbons (Fsp3) is 0.667. The van der Waals surface area contributed by atoms with Crippen molar-refractivity contribution in [3.05, 3.63) is 18.0 Å². The van der Waals surface area contributed by atoms with Crippen LogP contribution in [-0.4, -0.2) is 48.6 Å². The Balaban J connectivity index is 2.67. The lowest BCUT2D eigenvalue weighted by Gasteiger charge is -2.23. The molecule has 1 heterocycles. The summed E-state index contributed by atoms with van der Waals surface area (Å²) >= 11 is 0. The number of nitrogens with zero attached hydrogens (tertiary/aromatic N) is 4. The van der Waals surface area contributed by atoms with E-state index in [1.165, 1.54) is 0 Å².